The van der Waals surface area contributed by atoms with Gasteiger partial charge in [-0.1, -0.05) is 32.4 Å². The minimum Gasteiger partial charge on any atom is -0.290 e. The first-order valence-corrected chi connectivity index (χ1v) is 5.85. The Morgan fingerprint density at radius 3 is 2.79 bits per heavy atom. The highest BCUT2D eigenvalue weighted by Crippen LogP contribution is 2.44. The van der Waals surface area contributed by atoms with Crippen LogP contribution in [0, 0.1) is 5.41 Å². The van der Waals surface area contributed by atoms with E-state index in [0.29, 0.717) is 11.0 Å². The van der Waals surface area contributed by atoms with E-state index in [1.165, 1.54) is 32.4 Å². The van der Waals surface area contributed by atoms with Crippen LogP contribution in [0.25, 0.3) is 0 Å². The van der Waals surface area contributed by atoms with Crippen molar-refractivity contribution in [3.8, 4) is 0 Å². The number of hydrogen-bond donors (Lipinski definition) is 0. The fourth-order valence-electron chi connectivity index (χ4n) is 3.33. The molecule has 0 N–H and O–H groups in total. The Kier molecular flexibility index (Phi) is 2.26. The zero-order valence-electron chi connectivity index (χ0n) is 10.1. The first-order valence-electron chi connectivity index (χ1n) is 5.85. The van der Waals surface area contributed by atoms with Crippen LogP contribution < -0.4 is 0 Å². The van der Waals surface area contributed by atoms with Gasteiger partial charge in [-0.2, -0.15) is 0 Å². The van der Waals surface area contributed by atoms with Crippen molar-refractivity contribution in [1.82, 2.24) is 4.90 Å². The zero-order chi connectivity index (χ0) is 10.4. The minimum atomic E-state index is 0.433. The van der Waals surface area contributed by atoms with Crippen molar-refractivity contribution < 1.29 is 0 Å². The van der Waals surface area contributed by atoms with Gasteiger partial charge in [0.25, 0.3) is 0 Å². The van der Waals surface area contributed by atoms with Crippen molar-refractivity contribution >= 4 is 0 Å². The molecule has 1 fully saturated rings. The smallest absolute Gasteiger partial charge is 0.0403 e. The third-order valence-corrected chi connectivity index (χ3v) is 3.46. The average Bonchev–Trinajstić information content (AvgIpc) is 2.38. The standard InChI is InChI=1S/C13H23N/c1-11-8-13(10-12(2,3)4)6-5-7-14(13)9-11/h8H,5-7,9-10H2,1-4H3. The van der Waals surface area contributed by atoms with E-state index in [1.54, 1.807) is 5.57 Å². The Hall–Kier alpha value is -0.300. The molecule has 0 saturated carbocycles. The number of rotatable bonds is 1. The van der Waals surface area contributed by atoms with Gasteiger partial charge in [-0.25, -0.2) is 0 Å². The van der Waals surface area contributed by atoms with Gasteiger partial charge in [-0.05, 0) is 38.1 Å². The van der Waals surface area contributed by atoms with E-state index in [-0.39, 0.29) is 0 Å². The second kappa shape index (κ2) is 3.10. The Labute approximate surface area is 88.2 Å². The van der Waals surface area contributed by atoms with Crippen LogP contribution in [0.1, 0.15) is 47.0 Å². The summed E-state index contributed by atoms with van der Waals surface area (Å²) in [6.07, 6.45) is 6.63. The summed E-state index contributed by atoms with van der Waals surface area (Å²) in [7, 11) is 0. The molecule has 0 spiro atoms. The summed E-state index contributed by atoms with van der Waals surface area (Å²) >= 11 is 0. The summed E-state index contributed by atoms with van der Waals surface area (Å²) in [5.74, 6) is 0. The molecule has 1 unspecified atom stereocenters. The van der Waals surface area contributed by atoms with E-state index in [1.807, 2.05) is 0 Å². The molecule has 1 nitrogen and oxygen atoms in total. The third-order valence-electron chi connectivity index (χ3n) is 3.46. The first-order chi connectivity index (χ1) is 6.41. The fourth-order valence-corrected chi connectivity index (χ4v) is 3.33. The van der Waals surface area contributed by atoms with Crippen LogP contribution in [0.2, 0.25) is 0 Å². The van der Waals surface area contributed by atoms with E-state index in [4.69, 9.17) is 0 Å². The number of nitrogens with zero attached hydrogens (tertiary/aromatic N) is 1. The maximum Gasteiger partial charge on any atom is 0.0403 e. The van der Waals surface area contributed by atoms with Gasteiger partial charge in [0, 0.05) is 12.1 Å². The molecular weight excluding hydrogens is 170 g/mol. The summed E-state index contributed by atoms with van der Waals surface area (Å²) in [6.45, 7) is 11.9. The molecule has 0 aliphatic carbocycles. The predicted octanol–water partition coefficient (Wildman–Crippen LogP) is 3.22. The molecule has 2 aliphatic rings. The van der Waals surface area contributed by atoms with Gasteiger partial charge in [0.05, 0.1) is 0 Å². The number of hydrogen-bond acceptors (Lipinski definition) is 1. The molecule has 0 radical (unpaired) electrons. The van der Waals surface area contributed by atoms with Crippen LogP contribution in [0.15, 0.2) is 11.6 Å². The zero-order valence-corrected chi connectivity index (χ0v) is 10.1. The lowest BCUT2D eigenvalue weighted by Gasteiger charge is -2.37. The second-order valence-electron chi connectivity index (χ2n) is 6.36. The van der Waals surface area contributed by atoms with Crippen molar-refractivity contribution in [2.75, 3.05) is 13.1 Å². The lowest BCUT2D eigenvalue weighted by molar-refractivity contribution is 0.156. The number of fused-ring (bicyclic) bond motifs is 1. The van der Waals surface area contributed by atoms with Crippen LogP contribution in [0.3, 0.4) is 0 Å². The molecule has 2 heterocycles. The maximum absolute atomic E-state index is 2.69. The summed E-state index contributed by atoms with van der Waals surface area (Å²) in [5.41, 5.74) is 2.46. The molecule has 80 valence electrons. The fraction of sp³-hybridized carbons (Fsp3) is 0.846. The average molecular weight is 193 g/mol. The topological polar surface area (TPSA) is 3.24 Å². The molecule has 1 saturated heterocycles. The van der Waals surface area contributed by atoms with Crippen molar-refractivity contribution in [2.45, 2.75) is 52.5 Å². The van der Waals surface area contributed by atoms with Crippen molar-refractivity contribution in [2.24, 2.45) is 5.41 Å². The van der Waals surface area contributed by atoms with Gasteiger partial charge in [0.1, 0.15) is 0 Å². The van der Waals surface area contributed by atoms with Crippen LogP contribution in [0.4, 0.5) is 0 Å². The van der Waals surface area contributed by atoms with E-state index >= 15 is 0 Å². The largest absolute Gasteiger partial charge is 0.290 e. The van der Waals surface area contributed by atoms with Gasteiger partial charge in [0.15, 0.2) is 0 Å². The SMILES string of the molecule is CC1=CC2(CC(C)(C)C)CCCN2C1. The summed E-state index contributed by atoms with van der Waals surface area (Å²) in [6, 6.07) is 0. The highest BCUT2D eigenvalue weighted by Gasteiger charge is 2.44. The van der Waals surface area contributed by atoms with Crippen molar-refractivity contribution in [3.63, 3.8) is 0 Å². The normalized spacial score (nSPS) is 33.3. The summed E-state index contributed by atoms with van der Waals surface area (Å²) in [4.78, 5) is 2.69. The summed E-state index contributed by atoms with van der Waals surface area (Å²) < 4.78 is 0. The molecule has 2 aliphatic heterocycles. The molecule has 0 aromatic heterocycles. The van der Waals surface area contributed by atoms with Crippen LogP contribution in [-0.4, -0.2) is 23.5 Å². The van der Waals surface area contributed by atoms with Crippen LogP contribution in [-0.2, 0) is 0 Å². The van der Waals surface area contributed by atoms with Gasteiger partial charge >= 0.3 is 0 Å². The highest BCUT2D eigenvalue weighted by molar-refractivity contribution is 5.24. The Morgan fingerprint density at radius 1 is 1.43 bits per heavy atom. The van der Waals surface area contributed by atoms with Crippen molar-refractivity contribution in [1.29, 1.82) is 0 Å². The monoisotopic (exact) mass is 193 g/mol. The van der Waals surface area contributed by atoms with Crippen LogP contribution >= 0.6 is 0 Å². The Morgan fingerprint density at radius 2 is 2.14 bits per heavy atom. The van der Waals surface area contributed by atoms with Gasteiger partial charge in [0.2, 0.25) is 0 Å². The van der Waals surface area contributed by atoms with Gasteiger partial charge in [-0.15, -0.1) is 0 Å². The van der Waals surface area contributed by atoms with E-state index in [2.05, 4.69) is 38.7 Å². The molecule has 2 rings (SSSR count). The molecule has 1 atom stereocenters. The highest BCUT2D eigenvalue weighted by atomic mass is 15.2. The first kappa shape index (κ1) is 10.2. The van der Waals surface area contributed by atoms with Crippen molar-refractivity contribution in [3.05, 3.63) is 11.6 Å². The molecule has 0 aromatic carbocycles. The third kappa shape index (κ3) is 1.75. The predicted molar refractivity (Wildman–Crippen MR) is 61.4 cm³/mol. The second-order valence-corrected chi connectivity index (χ2v) is 6.36. The molecule has 0 bridgehead atoms. The lowest BCUT2D eigenvalue weighted by Crippen LogP contribution is -2.41. The Bertz CT molecular complexity index is 259. The molecule has 1 heteroatoms. The molecule has 0 aromatic rings. The van der Waals surface area contributed by atoms with Gasteiger partial charge in [-0.3, -0.25) is 4.90 Å². The van der Waals surface area contributed by atoms with E-state index in [9.17, 15) is 0 Å². The molecular formula is C13H23N. The summed E-state index contributed by atoms with van der Waals surface area (Å²) in [5, 5.41) is 0. The maximum atomic E-state index is 2.69. The quantitative estimate of drug-likeness (QED) is 0.578. The van der Waals surface area contributed by atoms with E-state index in [0.717, 1.165) is 0 Å². The molecule has 0 amide bonds. The van der Waals surface area contributed by atoms with E-state index < -0.39 is 0 Å². The molecule has 14 heavy (non-hydrogen) atoms. The lowest BCUT2D eigenvalue weighted by atomic mass is 9.78. The minimum absolute atomic E-state index is 0.433. The van der Waals surface area contributed by atoms with Crippen LogP contribution in [0.5, 0.6) is 0 Å². The Balaban J connectivity index is 2.20. The van der Waals surface area contributed by atoms with Gasteiger partial charge < -0.3 is 0 Å².